The van der Waals surface area contributed by atoms with Gasteiger partial charge in [0.15, 0.2) is 5.96 Å². The van der Waals surface area contributed by atoms with Gasteiger partial charge in [0.05, 0.1) is 20.8 Å². The van der Waals surface area contributed by atoms with Crippen LogP contribution in [-0.2, 0) is 11.3 Å². The number of benzene rings is 1. The molecule has 0 aromatic heterocycles. The average Bonchev–Trinajstić information content (AvgIpc) is 2.58. The molecule has 6 nitrogen and oxygen atoms in total. The Bertz CT molecular complexity index is 541. The van der Waals surface area contributed by atoms with Crippen molar-refractivity contribution in [3.63, 3.8) is 0 Å². The van der Waals surface area contributed by atoms with E-state index < -0.39 is 5.97 Å². The van der Waals surface area contributed by atoms with E-state index in [-0.39, 0.29) is 24.0 Å². The number of guanidine groups is 1. The maximum Gasteiger partial charge on any atom is 0.341 e. The predicted octanol–water partition coefficient (Wildman–Crippen LogP) is 2.52. The molecule has 136 valence electrons. The van der Waals surface area contributed by atoms with Gasteiger partial charge in [-0.1, -0.05) is 6.07 Å². The number of rotatable bonds is 8. The summed E-state index contributed by atoms with van der Waals surface area (Å²) in [7, 11) is 2.88. The molecule has 0 aliphatic heterocycles. The Morgan fingerprint density at radius 2 is 2.04 bits per heavy atom. The van der Waals surface area contributed by atoms with Crippen molar-refractivity contribution in [2.24, 2.45) is 4.99 Å². The van der Waals surface area contributed by atoms with E-state index in [9.17, 15) is 4.79 Å². The second-order valence-electron chi connectivity index (χ2n) is 4.64. The van der Waals surface area contributed by atoms with Gasteiger partial charge in [-0.05, 0) is 30.9 Å². The number of halogens is 1. The Morgan fingerprint density at radius 3 is 2.62 bits per heavy atom. The number of aliphatic imine (C=N–C) groups is 1. The number of hydrogen-bond acceptors (Lipinski definition) is 5. The lowest BCUT2D eigenvalue weighted by Crippen LogP contribution is -2.38. The molecule has 0 bridgehead atoms. The molecule has 1 aromatic rings. The van der Waals surface area contributed by atoms with Gasteiger partial charge in [-0.15, -0.1) is 24.0 Å². The summed E-state index contributed by atoms with van der Waals surface area (Å²) in [5.74, 6) is 1.85. The van der Waals surface area contributed by atoms with Crippen LogP contribution < -0.4 is 15.4 Å². The molecule has 8 heteroatoms. The number of methoxy groups -OCH3 is 2. The van der Waals surface area contributed by atoms with Crippen LogP contribution in [0.3, 0.4) is 0 Å². The summed E-state index contributed by atoms with van der Waals surface area (Å²) in [5, 5.41) is 6.46. The van der Waals surface area contributed by atoms with Gasteiger partial charge in [0, 0.05) is 18.8 Å². The summed E-state index contributed by atoms with van der Waals surface area (Å²) < 4.78 is 9.97. The molecule has 0 unspecified atom stereocenters. The lowest BCUT2D eigenvalue weighted by Gasteiger charge is -2.11. The van der Waals surface area contributed by atoms with Crippen LogP contribution in [-0.4, -0.2) is 51.2 Å². The Balaban J connectivity index is 0.00000529. The van der Waals surface area contributed by atoms with Crippen LogP contribution in [0.15, 0.2) is 23.2 Å². The molecule has 0 heterocycles. The largest absolute Gasteiger partial charge is 0.496 e. The lowest BCUT2D eigenvalue weighted by atomic mass is 10.1. The fourth-order valence-corrected chi connectivity index (χ4v) is 2.21. The molecule has 0 radical (unpaired) electrons. The molecular formula is C16H26IN3O3S. The molecule has 0 fully saturated rings. The third-order valence-electron chi connectivity index (χ3n) is 3.03. The van der Waals surface area contributed by atoms with Crippen molar-refractivity contribution < 1.29 is 14.3 Å². The zero-order chi connectivity index (χ0) is 17.1. The molecule has 0 saturated heterocycles. The molecule has 0 atom stereocenters. The van der Waals surface area contributed by atoms with Gasteiger partial charge in [0.25, 0.3) is 0 Å². The van der Waals surface area contributed by atoms with Crippen molar-refractivity contribution in [1.29, 1.82) is 0 Å². The Kier molecular flexibility index (Phi) is 12.5. The Labute approximate surface area is 165 Å². The van der Waals surface area contributed by atoms with Crippen molar-refractivity contribution in [1.82, 2.24) is 10.6 Å². The maximum absolute atomic E-state index is 11.8. The summed E-state index contributed by atoms with van der Waals surface area (Å²) in [6, 6.07) is 5.39. The molecule has 0 saturated carbocycles. The van der Waals surface area contributed by atoms with Crippen LogP contribution in [0.1, 0.15) is 22.8 Å². The van der Waals surface area contributed by atoms with Gasteiger partial charge in [-0.2, -0.15) is 11.8 Å². The minimum absolute atomic E-state index is 0. The number of nitrogens with one attached hydrogen (secondary N) is 2. The van der Waals surface area contributed by atoms with E-state index in [1.807, 2.05) is 13.0 Å². The topological polar surface area (TPSA) is 72.0 Å². The van der Waals surface area contributed by atoms with Crippen LogP contribution in [0.25, 0.3) is 0 Å². The van der Waals surface area contributed by atoms with Crippen molar-refractivity contribution in [2.45, 2.75) is 13.5 Å². The molecular weight excluding hydrogens is 441 g/mol. The zero-order valence-electron chi connectivity index (χ0n) is 14.5. The Morgan fingerprint density at radius 1 is 1.29 bits per heavy atom. The van der Waals surface area contributed by atoms with Crippen LogP contribution in [0, 0.1) is 0 Å². The van der Waals surface area contributed by atoms with E-state index in [2.05, 4.69) is 21.9 Å². The van der Waals surface area contributed by atoms with E-state index in [0.29, 0.717) is 17.9 Å². The first-order valence-corrected chi connectivity index (χ1v) is 8.82. The van der Waals surface area contributed by atoms with E-state index in [4.69, 9.17) is 9.47 Å². The zero-order valence-corrected chi connectivity index (χ0v) is 17.7. The monoisotopic (exact) mass is 467 g/mol. The van der Waals surface area contributed by atoms with E-state index in [1.165, 1.54) is 14.2 Å². The highest BCUT2D eigenvalue weighted by Gasteiger charge is 2.13. The van der Waals surface area contributed by atoms with Crippen LogP contribution in [0.4, 0.5) is 0 Å². The smallest absolute Gasteiger partial charge is 0.341 e. The van der Waals surface area contributed by atoms with Crippen molar-refractivity contribution in [3.8, 4) is 5.75 Å². The quantitative estimate of drug-likeness (QED) is 0.201. The second kappa shape index (κ2) is 13.2. The number of thioether (sulfide) groups is 1. The molecule has 0 aliphatic rings. The minimum Gasteiger partial charge on any atom is -0.496 e. The average molecular weight is 467 g/mol. The van der Waals surface area contributed by atoms with Crippen molar-refractivity contribution >= 4 is 47.7 Å². The number of hydrogen-bond donors (Lipinski definition) is 2. The molecule has 2 N–H and O–H groups in total. The first-order chi connectivity index (χ1) is 11.2. The van der Waals surface area contributed by atoms with Gasteiger partial charge in [-0.3, -0.25) is 0 Å². The van der Waals surface area contributed by atoms with Gasteiger partial charge in [0.2, 0.25) is 0 Å². The molecule has 0 amide bonds. The third-order valence-corrected chi connectivity index (χ3v) is 3.64. The van der Waals surface area contributed by atoms with Gasteiger partial charge >= 0.3 is 5.97 Å². The van der Waals surface area contributed by atoms with E-state index in [1.54, 1.807) is 23.9 Å². The fraction of sp³-hybridized carbons (Fsp3) is 0.500. The minimum atomic E-state index is -0.419. The third kappa shape index (κ3) is 7.61. The number of nitrogens with zero attached hydrogens (tertiary/aromatic N) is 1. The van der Waals surface area contributed by atoms with E-state index >= 15 is 0 Å². The SMILES string of the molecule is CCNC(=NCc1ccc(OC)c(C(=O)OC)c1)NCCSC.I. The predicted molar refractivity (Wildman–Crippen MR) is 111 cm³/mol. The highest BCUT2D eigenvalue weighted by molar-refractivity contribution is 14.0. The molecule has 0 aliphatic carbocycles. The van der Waals surface area contributed by atoms with Gasteiger partial charge in [0.1, 0.15) is 11.3 Å². The summed E-state index contributed by atoms with van der Waals surface area (Å²) in [6.07, 6.45) is 2.07. The van der Waals surface area contributed by atoms with Gasteiger partial charge in [-0.25, -0.2) is 9.79 Å². The maximum atomic E-state index is 11.8. The van der Waals surface area contributed by atoms with Crippen molar-refractivity contribution in [2.75, 3.05) is 39.3 Å². The first-order valence-electron chi connectivity index (χ1n) is 7.42. The summed E-state index contributed by atoms with van der Waals surface area (Å²) in [6.45, 7) is 4.13. The standard InChI is InChI=1S/C16H25N3O3S.HI/c1-5-17-16(18-8-9-23-4)19-11-12-6-7-14(21-2)13(10-12)15(20)22-3;/h6-7,10H,5,8-9,11H2,1-4H3,(H2,17,18,19);1H. The summed E-state index contributed by atoms with van der Waals surface area (Å²) in [4.78, 5) is 16.3. The van der Waals surface area contributed by atoms with E-state index in [0.717, 1.165) is 30.4 Å². The highest BCUT2D eigenvalue weighted by Crippen LogP contribution is 2.21. The van der Waals surface area contributed by atoms with Crippen LogP contribution in [0.5, 0.6) is 5.75 Å². The lowest BCUT2D eigenvalue weighted by molar-refractivity contribution is 0.0597. The van der Waals surface area contributed by atoms with Gasteiger partial charge < -0.3 is 20.1 Å². The van der Waals surface area contributed by atoms with Crippen molar-refractivity contribution in [3.05, 3.63) is 29.3 Å². The second-order valence-corrected chi connectivity index (χ2v) is 5.63. The number of carbonyl (C=O) groups excluding carboxylic acids is 1. The molecule has 0 spiro atoms. The highest BCUT2D eigenvalue weighted by atomic mass is 127. The van der Waals surface area contributed by atoms with Crippen LogP contribution >= 0.6 is 35.7 Å². The molecule has 1 rings (SSSR count). The fourth-order valence-electron chi connectivity index (χ4n) is 1.91. The summed E-state index contributed by atoms with van der Waals surface area (Å²) >= 11 is 1.78. The molecule has 24 heavy (non-hydrogen) atoms. The molecule has 1 aromatic carbocycles. The summed E-state index contributed by atoms with van der Waals surface area (Å²) in [5.41, 5.74) is 1.32. The number of ether oxygens (including phenoxy) is 2. The van der Waals surface area contributed by atoms with Crippen LogP contribution in [0.2, 0.25) is 0 Å². The Hall–Kier alpha value is -1.16. The normalized spacial score (nSPS) is 10.6. The number of esters is 1. The number of carbonyl (C=O) groups is 1. The first kappa shape index (κ1) is 22.8.